The third kappa shape index (κ3) is 3.37. The standard InChI is InChI=1S/C21H20N4O4S/c1-11-7-12(2)9-14(8-11)24-20(28)18(19(27)22-21(24)29)15-10-16(17-5-4-6-30-17)25(23-15)13(3)26/h4-9,16,28H,10H2,1-3H3,(H,22,27,29). The molecule has 0 saturated carbocycles. The van der Waals surface area contributed by atoms with E-state index in [0.29, 0.717) is 5.69 Å². The van der Waals surface area contributed by atoms with Crippen LogP contribution in [0.3, 0.4) is 0 Å². The minimum Gasteiger partial charge on any atom is -0.493 e. The van der Waals surface area contributed by atoms with E-state index in [9.17, 15) is 19.5 Å². The summed E-state index contributed by atoms with van der Waals surface area (Å²) in [7, 11) is 0. The Morgan fingerprint density at radius 1 is 1.23 bits per heavy atom. The maximum atomic E-state index is 12.6. The second-order valence-electron chi connectivity index (χ2n) is 7.28. The lowest BCUT2D eigenvalue weighted by atomic mass is 10.0. The maximum Gasteiger partial charge on any atom is 0.335 e. The number of nitrogens with one attached hydrogen (secondary N) is 1. The van der Waals surface area contributed by atoms with E-state index >= 15 is 0 Å². The average molecular weight is 424 g/mol. The molecule has 0 aliphatic carbocycles. The van der Waals surface area contributed by atoms with E-state index in [4.69, 9.17) is 0 Å². The Bertz CT molecular complexity index is 1270. The van der Waals surface area contributed by atoms with Gasteiger partial charge in [-0.05, 0) is 48.6 Å². The number of benzene rings is 1. The lowest BCUT2D eigenvalue weighted by Crippen LogP contribution is -2.33. The second-order valence-corrected chi connectivity index (χ2v) is 8.26. The van der Waals surface area contributed by atoms with Crippen LogP contribution in [0.25, 0.3) is 5.69 Å². The van der Waals surface area contributed by atoms with Crippen LogP contribution < -0.4 is 11.2 Å². The van der Waals surface area contributed by atoms with Crippen molar-refractivity contribution in [1.82, 2.24) is 14.6 Å². The number of aromatic hydroxyl groups is 1. The molecule has 1 unspecified atom stereocenters. The maximum absolute atomic E-state index is 12.6. The van der Waals surface area contributed by atoms with E-state index in [1.807, 2.05) is 37.4 Å². The minimum absolute atomic E-state index is 0.112. The number of hydrazone groups is 1. The number of aromatic nitrogens is 2. The van der Waals surface area contributed by atoms with Crippen LogP contribution in [0.5, 0.6) is 5.88 Å². The minimum atomic E-state index is -0.747. The molecule has 0 spiro atoms. The van der Waals surface area contributed by atoms with Gasteiger partial charge in [0.05, 0.1) is 17.4 Å². The SMILES string of the molecule is CC(=O)N1N=C(c2c(O)n(-c3cc(C)cc(C)c3)c(=O)[nH]c2=O)CC1c1cccs1. The van der Waals surface area contributed by atoms with Gasteiger partial charge in [0.1, 0.15) is 5.56 Å². The number of nitrogens with zero attached hydrogens (tertiary/aromatic N) is 3. The van der Waals surface area contributed by atoms with Crippen molar-refractivity contribution in [1.29, 1.82) is 0 Å². The highest BCUT2D eigenvalue weighted by Gasteiger charge is 2.35. The Morgan fingerprint density at radius 2 is 1.93 bits per heavy atom. The van der Waals surface area contributed by atoms with E-state index in [2.05, 4.69) is 10.1 Å². The van der Waals surface area contributed by atoms with Crippen molar-refractivity contribution in [3.8, 4) is 11.6 Å². The number of carbonyl (C=O) groups excluding carboxylic acids is 1. The van der Waals surface area contributed by atoms with Gasteiger partial charge in [-0.25, -0.2) is 14.4 Å². The molecule has 1 aliphatic rings. The third-order valence-corrected chi connectivity index (χ3v) is 5.92. The van der Waals surface area contributed by atoms with Crippen molar-refractivity contribution in [3.63, 3.8) is 0 Å². The highest BCUT2D eigenvalue weighted by atomic mass is 32.1. The van der Waals surface area contributed by atoms with Gasteiger partial charge < -0.3 is 5.11 Å². The molecule has 0 radical (unpaired) electrons. The average Bonchev–Trinajstić information content (AvgIpc) is 3.30. The molecule has 1 aliphatic heterocycles. The first-order chi connectivity index (χ1) is 14.3. The Hall–Kier alpha value is -3.46. The molecule has 0 fully saturated rings. The van der Waals surface area contributed by atoms with Crippen LogP contribution in [0.4, 0.5) is 0 Å². The summed E-state index contributed by atoms with van der Waals surface area (Å²) in [5.74, 6) is -0.773. The van der Waals surface area contributed by atoms with Gasteiger partial charge in [0.25, 0.3) is 5.56 Å². The monoisotopic (exact) mass is 424 g/mol. The number of hydrogen-bond acceptors (Lipinski definition) is 6. The molecule has 3 heterocycles. The van der Waals surface area contributed by atoms with E-state index in [1.54, 1.807) is 12.1 Å². The quantitative estimate of drug-likeness (QED) is 0.674. The second kappa shape index (κ2) is 7.42. The number of aryl methyl sites for hydroxylation is 2. The van der Waals surface area contributed by atoms with Gasteiger partial charge in [0.15, 0.2) is 0 Å². The Morgan fingerprint density at radius 3 is 2.53 bits per heavy atom. The molecule has 1 aromatic carbocycles. The van der Waals surface area contributed by atoms with E-state index < -0.39 is 17.1 Å². The van der Waals surface area contributed by atoms with Crippen molar-refractivity contribution in [3.05, 3.63) is 78.1 Å². The number of aromatic amines is 1. The summed E-state index contributed by atoms with van der Waals surface area (Å²) in [6.45, 7) is 5.15. The van der Waals surface area contributed by atoms with Crippen LogP contribution in [-0.4, -0.2) is 31.3 Å². The molecule has 8 nitrogen and oxygen atoms in total. The zero-order valence-corrected chi connectivity index (χ0v) is 17.5. The summed E-state index contributed by atoms with van der Waals surface area (Å²) in [5, 5.41) is 18.5. The number of rotatable bonds is 3. The third-order valence-electron chi connectivity index (χ3n) is 4.94. The fourth-order valence-electron chi connectivity index (χ4n) is 3.76. The van der Waals surface area contributed by atoms with Crippen molar-refractivity contribution in [2.45, 2.75) is 33.2 Å². The predicted octanol–water partition coefficient (Wildman–Crippen LogP) is 2.61. The first-order valence-electron chi connectivity index (χ1n) is 9.34. The van der Waals surface area contributed by atoms with E-state index in [0.717, 1.165) is 20.6 Å². The van der Waals surface area contributed by atoms with E-state index in [-0.39, 0.29) is 29.6 Å². The largest absolute Gasteiger partial charge is 0.493 e. The summed E-state index contributed by atoms with van der Waals surface area (Å²) in [4.78, 5) is 40.5. The number of amides is 1. The summed E-state index contributed by atoms with van der Waals surface area (Å²) < 4.78 is 1.05. The normalized spacial score (nSPS) is 16.0. The molecule has 30 heavy (non-hydrogen) atoms. The van der Waals surface area contributed by atoms with Crippen LogP contribution in [0.1, 0.15) is 41.0 Å². The van der Waals surface area contributed by atoms with Gasteiger partial charge in [-0.3, -0.25) is 14.6 Å². The Kier molecular flexibility index (Phi) is 4.90. The fourth-order valence-corrected chi connectivity index (χ4v) is 4.57. The zero-order valence-electron chi connectivity index (χ0n) is 16.7. The lowest BCUT2D eigenvalue weighted by molar-refractivity contribution is -0.130. The van der Waals surface area contributed by atoms with Gasteiger partial charge in [-0.2, -0.15) is 5.10 Å². The van der Waals surface area contributed by atoms with Gasteiger partial charge >= 0.3 is 5.69 Å². The predicted molar refractivity (Wildman–Crippen MR) is 115 cm³/mol. The van der Waals surface area contributed by atoms with Crippen LogP contribution in [0.15, 0.2) is 50.4 Å². The fraction of sp³-hybridized carbons (Fsp3) is 0.238. The smallest absolute Gasteiger partial charge is 0.335 e. The molecule has 2 N–H and O–H groups in total. The van der Waals surface area contributed by atoms with Gasteiger partial charge in [-0.1, -0.05) is 12.1 Å². The van der Waals surface area contributed by atoms with Gasteiger partial charge in [0, 0.05) is 18.2 Å². The summed E-state index contributed by atoms with van der Waals surface area (Å²) >= 11 is 1.48. The first kappa shape index (κ1) is 19.8. The van der Waals surface area contributed by atoms with Crippen molar-refractivity contribution < 1.29 is 9.90 Å². The molecular formula is C21H20N4O4S. The number of thiophene rings is 1. The number of H-pyrrole nitrogens is 1. The van der Waals surface area contributed by atoms with Crippen molar-refractivity contribution in [2.75, 3.05) is 0 Å². The Balaban J connectivity index is 1.88. The van der Waals surface area contributed by atoms with Crippen LogP contribution >= 0.6 is 11.3 Å². The zero-order chi connectivity index (χ0) is 21.6. The highest BCUT2D eigenvalue weighted by Crippen LogP contribution is 2.35. The van der Waals surface area contributed by atoms with Crippen LogP contribution in [0, 0.1) is 13.8 Å². The first-order valence-corrected chi connectivity index (χ1v) is 10.2. The van der Waals surface area contributed by atoms with Crippen LogP contribution in [0.2, 0.25) is 0 Å². The number of hydrogen-bond donors (Lipinski definition) is 2. The summed E-state index contributed by atoms with van der Waals surface area (Å²) in [6.07, 6.45) is 0.252. The molecule has 3 aromatic rings. The van der Waals surface area contributed by atoms with Gasteiger partial charge in [-0.15, -0.1) is 11.3 Å². The molecule has 1 atom stereocenters. The van der Waals surface area contributed by atoms with Gasteiger partial charge in [0.2, 0.25) is 11.8 Å². The molecule has 9 heteroatoms. The molecule has 2 aromatic heterocycles. The molecule has 0 saturated heterocycles. The molecule has 0 bridgehead atoms. The van der Waals surface area contributed by atoms with Crippen LogP contribution in [-0.2, 0) is 4.79 Å². The summed E-state index contributed by atoms with van der Waals surface area (Å²) in [5.41, 5.74) is 0.893. The summed E-state index contributed by atoms with van der Waals surface area (Å²) in [6, 6.07) is 8.82. The Labute approximate surface area is 175 Å². The molecule has 1 amide bonds. The van der Waals surface area contributed by atoms with Crippen molar-refractivity contribution in [2.24, 2.45) is 5.10 Å². The topological polar surface area (TPSA) is 108 Å². The molecule has 154 valence electrons. The van der Waals surface area contributed by atoms with Crippen molar-refractivity contribution >= 4 is 23.0 Å². The highest BCUT2D eigenvalue weighted by molar-refractivity contribution is 7.10. The molecule has 4 rings (SSSR count). The lowest BCUT2D eigenvalue weighted by Gasteiger charge is -2.18. The van der Waals surface area contributed by atoms with E-state index in [1.165, 1.54) is 23.3 Å². The number of carbonyl (C=O) groups is 1. The molecular weight excluding hydrogens is 404 g/mol.